The van der Waals surface area contributed by atoms with Crippen molar-refractivity contribution in [3.05, 3.63) is 52.1 Å². The number of rotatable bonds is 12. The van der Waals surface area contributed by atoms with Crippen LogP contribution in [0.5, 0.6) is 28.7 Å². The number of para-hydroxylation sites is 2. The predicted octanol–water partition coefficient (Wildman–Crippen LogP) is 4.89. The van der Waals surface area contributed by atoms with Crippen LogP contribution in [-0.4, -0.2) is 38.6 Å². The number of ether oxygens (including phenoxy) is 5. The third-order valence-corrected chi connectivity index (χ3v) is 6.31. The van der Waals surface area contributed by atoms with E-state index in [-0.39, 0.29) is 17.8 Å². The minimum Gasteiger partial charge on any atom is -0.493 e. The molecule has 0 spiro atoms. The Kier molecular flexibility index (Phi) is 8.05. The molecule has 0 amide bonds. The van der Waals surface area contributed by atoms with E-state index in [1.807, 2.05) is 19.1 Å². The van der Waals surface area contributed by atoms with Gasteiger partial charge >= 0.3 is 0 Å². The molecule has 0 aromatic heterocycles. The lowest BCUT2D eigenvalue weighted by molar-refractivity contribution is -0.527. The first kappa shape index (κ1) is 25.0. The molecule has 34 heavy (non-hydrogen) atoms. The van der Waals surface area contributed by atoms with Gasteiger partial charge in [-0.1, -0.05) is 19.1 Å². The van der Waals surface area contributed by atoms with Crippen molar-refractivity contribution in [2.75, 3.05) is 21.3 Å². The highest BCUT2D eigenvalue weighted by molar-refractivity contribution is 5.59. The molecule has 3 rings (SSSR count). The molecule has 2 unspecified atom stereocenters. The molecule has 0 aliphatic carbocycles. The summed E-state index contributed by atoms with van der Waals surface area (Å²) in [5.41, 5.74) is -0.226. The van der Waals surface area contributed by atoms with Gasteiger partial charge in [0.05, 0.1) is 39.2 Å². The Bertz CT molecular complexity index is 1030. The zero-order chi connectivity index (χ0) is 24.7. The topological polar surface area (TPSA) is 113 Å². The second-order valence-corrected chi connectivity index (χ2v) is 8.11. The highest BCUT2D eigenvalue weighted by Crippen LogP contribution is 2.47. The molecular formula is C25H30N2O7. The third kappa shape index (κ3) is 4.96. The van der Waals surface area contributed by atoms with Crippen LogP contribution in [0.1, 0.15) is 44.6 Å². The van der Waals surface area contributed by atoms with Crippen LogP contribution in [0.4, 0.5) is 0 Å². The third-order valence-electron chi connectivity index (χ3n) is 6.31. The lowest BCUT2D eigenvalue weighted by atomic mass is 9.74. The average molecular weight is 471 g/mol. The molecule has 0 radical (unpaired) electrons. The van der Waals surface area contributed by atoms with Gasteiger partial charge in [-0.05, 0) is 43.5 Å². The van der Waals surface area contributed by atoms with Gasteiger partial charge in [0.25, 0.3) is 0 Å². The van der Waals surface area contributed by atoms with Crippen molar-refractivity contribution in [2.24, 2.45) is 0 Å². The molecule has 0 fully saturated rings. The number of benzene rings is 2. The largest absolute Gasteiger partial charge is 0.493 e. The molecule has 9 heteroatoms. The first-order valence-corrected chi connectivity index (χ1v) is 11.2. The van der Waals surface area contributed by atoms with E-state index >= 15 is 0 Å². The van der Waals surface area contributed by atoms with Crippen LogP contribution in [0.2, 0.25) is 0 Å². The van der Waals surface area contributed by atoms with Crippen molar-refractivity contribution in [1.82, 2.24) is 0 Å². The van der Waals surface area contributed by atoms with Gasteiger partial charge < -0.3 is 23.7 Å². The van der Waals surface area contributed by atoms with Gasteiger partial charge in [-0.2, -0.15) is 5.26 Å². The standard InChI is InChI=1S/C25H30N2O7/c1-5-25(16-26,18-12-13-21(30-2)24(32-4)23(18)31-3)14-8-9-17(27(28)29)15-22-33-19-10-6-7-11-20(19)34-22/h6-7,10-13,17,22H,5,8-9,14-15H2,1-4H3. The molecule has 1 aliphatic heterocycles. The predicted molar refractivity (Wildman–Crippen MR) is 124 cm³/mol. The van der Waals surface area contributed by atoms with Crippen LogP contribution < -0.4 is 23.7 Å². The quantitative estimate of drug-likeness (QED) is 0.318. The van der Waals surface area contributed by atoms with E-state index in [1.54, 1.807) is 24.3 Å². The lowest BCUT2D eigenvalue weighted by Gasteiger charge is -2.29. The Hall–Kier alpha value is -3.67. The van der Waals surface area contributed by atoms with Gasteiger partial charge in [-0.25, -0.2) is 0 Å². The first-order valence-electron chi connectivity index (χ1n) is 11.2. The normalized spacial score (nSPS) is 15.1. The van der Waals surface area contributed by atoms with Crippen LogP contribution in [0.3, 0.4) is 0 Å². The van der Waals surface area contributed by atoms with Gasteiger partial charge in [0, 0.05) is 16.9 Å². The number of nitro groups is 1. The van der Waals surface area contributed by atoms with E-state index in [2.05, 4.69) is 6.07 Å². The Balaban J connectivity index is 1.73. The number of nitrogens with zero attached hydrogens (tertiary/aromatic N) is 2. The summed E-state index contributed by atoms with van der Waals surface area (Å²) in [6.07, 6.45) is 1.08. The summed E-state index contributed by atoms with van der Waals surface area (Å²) in [4.78, 5) is 11.5. The summed E-state index contributed by atoms with van der Waals surface area (Å²) in [5.74, 6) is 2.52. The zero-order valence-corrected chi connectivity index (χ0v) is 19.9. The van der Waals surface area contributed by atoms with Crippen LogP contribution in [0, 0.1) is 21.4 Å². The average Bonchev–Trinajstić information content (AvgIpc) is 3.27. The second kappa shape index (κ2) is 11.0. The van der Waals surface area contributed by atoms with Crippen molar-refractivity contribution in [2.45, 2.75) is 56.8 Å². The highest BCUT2D eigenvalue weighted by atomic mass is 16.7. The zero-order valence-electron chi connectivity index (χ0n) is 19.9. The van der Waals surface area contributed by atoms with Crippen LogP contribution in [0.15, 0.2) is 36.4 Å². The van der Waals surface area contributed by atoms with E-state index in [4.69, 9.17) is 23.7 Å². The number of methoxy groups -OCH3 is 3. The van der Waals surface area contributed by atoms with E-state index in [0.29, 0.717) is 53.6 Å². The summed E-state index contributed by atoms with van der Waals surface area (Å²) in [5, 5.41) is 22.0. The van der Waals surface area contributed by atoms with Crippen molar-refractivity contribution in [1.29, 1.82) is 5.26 Å². The maximum Gasteiger partial charge on any atom is 0.248 e. The van der Waals surface area contributed by atoms with Crippen LogP contribution in [0.25, 0.3) is 0 Å². The molecule has 0 saturated heterocycles. The summed E-state index contributed by atoms with van der Waals surface area (Å²) in [7, 11) is 4.56. The monoisotopic (exact) mass is 470 g/mol. The van der Waals surface area contributed by atoms with Gasteiger partial charge in [0.1, 0.15) is 0 Å². The number of nitriles is 1. The minimum absolute atomic E-state index is 0.118. The second-order valence-electron chi connectivity index (χ2n) is 8.11. The lowest BCUT2D eigenvalue weighted by Crippen LogP contribution is -2.31. The van der Waals surface area contributed by atoms with E-state index in [9.17, 15) is 15.4 Å². The maximum absolute atomic E-state index is 11.8. The fraction of sp³-hybridized carbons (Fsp3) is 0.480. The Morgan fingerprint density at radius 2 is 1.74 bits per heavy atom. The first-order chi connectivity index (χ1) is 16.4. The molecule has 2 aromatic carbocycles. The van der Waals surface area contributed by atoms with Gasteiger partial charge in [-0.3, -0.25) is 10.1 Å². The van der Waals surface area contributed by atoms with Crippen LogP contribution in [-0.2, 0) is 5.41 Å². The number of hydrogen-bond acceptors (Lipinski definition) is 8. The van der Waals surface area contributed by atoms with Crippen LogP contribution >= 0.6 is 0 Å². The fourth-order valence-corrected chi connectivity index (χ4v) is 4.39. The summed E-state index contributed by atoms with van der Waals surface area (Å²) >= 11 is 0. The van der Waals surface area contributed by atoms with Gasteiger partial charge in [-0.15, -0.1) is 0 Å². The molecule has 1 aliphatic rings. The number of fused-ring (bicyclic) bond motifs is 1. The smallest absolute Gasteiger partial charge is 0.248 e. The summed E-state index contributed by atoms with van der Waals surface area (Å²) < 4.78 is 27.8. The summed E-state index contributed by atoms with van der Waals surface area (Å²) in [6.45, 7) is 1.92. The van der Waals surface area contributed by atoms with E-state index in [0.717, 1.165) is 0 Å². The van der Waals surface area contributed by atoms with Gasteiger partial charge in [0.2, 0.25) is 18.1 Å². The Morgan fingerprint density at radius 3 is 2.24 bits per heavy atom. The van der Waals surface area contributed by atoms with Crippen molar-refractivity contribution >= 4 is 0 Å². The summed E-state index contributed by atoms with van der Waals surface area (Å²) in [6, 6.07) is 12.3. The molecule has 9 nitrogen and oxygen atoms in total. The molecule has 0 N–H and O–H groups in total. The molecule has 0 saturated carbocycles. The number of hydrogen-bond donors (Lipinski definition) is 0. The molecule has 2 atom stereocenters. The Labute approximate surface area is 199 Å². The van der Waals surface area contributed by atoms with E-state index in [1.165, 1.54) is 21.3 Å². The molecule has 1 heterocycles. The molecule has 2 aromatic rings. The van der Waals surface area contributed by atoms with Crippen molar-refractivity contribution in [3.63, 3.8) is 0 Å². The van der Waals surface area contributed by atoms with Gasteiger partial charge in [0.15, 0.2) is 23.0 Å². The Morgan fingerprint density at radius 1 is 1.09 bits per heavy atom. The highest BCUT2D eigenvalue weighted by Gasteiger charge is 2.37. The molecular weight excluding hydrogens is 440 g/mol. The maximum atomic E-state index is 11.8. The SMILES string of the molecule is CCC(C#N)(CCCC(CC1Oc2ccccc2O1)[N+](=O)[O-])c1ccc(OC)c(OC)c1OC. The molecule has 182 valence electrons. The van der Waals surface area contributed by atoms with Crippen molar-refractivity contribution < 1.29 is 28.6 Å². The molecule has 0 bridgehead atoms. The van der Waals surface area contributed by atoms with Crippen molar-refractivity contribution in [3.8, 4) is 34.8 Å². The minimum atomic E-state index is -0.900. The van der Waals surface area contributed by atoms with E-state index < -0.39 is 17.7 Å². The fourth-order valence-electron chi connectivity index (χ4n) is 4.39.